The third kappa shape index (κ3) is 3.17. The van der Waals surface area contributed by atoms with Crippen LogP contribution in [0.3, 0.4) is 0 Å². The Morgan fingerprint density at radius 2 is 2.20 bits per heavy atom. The van der Waals surface area contributed by atoms with E-state index >= 15 is 0 Å². The highest BCUT2D eigenvalue weighted by Crippen LogP contribution is 2.32. The van der Waals surface area contributed by atoms with Crippen molar-refractivity contribution in [1.29, 1.82) is 0 Å². The molecular formula is C12H14F3N3S2. The van der Waals surface area contributed by atoms with Crippen molar-refractivity contribution in [3.63, 3.8) is 0 Å². The van der Waals surface area contributed by atoms with Crippen molar-refractivity contribution in [3.8, 4) is 0 Å². The SMILES string of the molecule is CC1CSCCN1c1nc(C(F)(F)F)ccc1C(N)=S. The van der Waals surface area contributed by atoms with Crippen LogP contribution in [-0.4, -0.2) is 34.1 Å². The van der Waals surface area contributed by atoms with Crippen LogP contribution in [0.5, 0.6) is 0 Å². The molecule has 1 aromatic heterocycles. The average Bonchev–Trinajstić information content (AvgIpc) is 2.37. The molecular weight excluding hydrogens is 307 g/mol. The molecule has 110 valence electrons. The van der Waals surface area contributed by atoms with Crippen LogP contribution in [0, 0.1) is 0 Å². The Hall–Kier alpha value is -1.02. The summed E-state index contributed by atoms with van der Waals surface area (Å²) in [7, 11) is 0. The highest BCUT2D eigenvalue weighted by atomic mass is 32.2. The van der Waals surface area contributed by atoms with E-state index in [0.29, 0.717) is 12.1 Å². The standard InChI is InChI=1S/C12H14F3N3S2/c1-7-6-20-5-4-18(7)11-8(10(16)19)2-3-9(17-11)12(13,14)15/h2-3,7H,4-6H2,1H3,(H2,16,19). The molecule has 0 bridgehead atoms. The Bertz CT molecular complexity index is 519. The van der Waals surface area contributed by atoms with Gasteiger partial charge < -0.3 is 10.6 Å². The van der Waals surface area contributed by atoms with Crippen LogP contribution in [0.15, 0.2) is 12.1 Å². The number of thioether (sulfide) groups is 1. The highest BCUT2D eigenvalue weighted by Gasteiger charge is 2.34. The second-order valence-electron chi connectivity index (χ2n) is 4.55. The van der Waals surface area contributed by atoms with Crippen LogP contribution < -0.4 is 10.6 Å². The number of halogens is 3. The summed E-state index contributed by atoms with van der Waals surface area (Å²) in [4.78, 5) is 5.67. The molecule has 0 amide bonds. The van der Waals surface area contributed by atoms with E-state index in [2.05, 4.69) is 4.98 Å². The van der Waals surface area contributed by atoms with E-state index in [1.807, 2.05) is 11.8 Å². The number of hydrogen-bond donors (Lipinski definition) is 1. The fraction of sp³-hybridized carbons (Fsp3) is 0.500. The summed E-state index contributed by atoms with van der Waals surface area (Å²) >= 11 is 6.69. The van der Waals surface area contributed by atoms with E-state index < -0.39 is 11.9 Å². The number of hydrogen-bond acceptors (Lipinski definition) is 4. The molecule has 1 aliphatic rings. The third-order valence-corrected chi connectivity index (χ3v) is 4.48. The summed E-state index contributed by atoms with van der Waals surface area (Å²) in [5, 5.41) is 0. The number of alkyl halides is 3. The van der Waals surface area contributed by atoms with E-state index in [1.165, 1.54) is 6.07 Å². The van der Waals surface area contributed by atoms with Crippen LogP contribution in [0.4, 0.5) is 19.0 Å². The molecule has 1 aliphatic heterocycles. The van der Waals surface area contributed by atoms with E-state index in [0.717, 1.165) is 17.6 Å². The second kappa shape index (κ2) is 5.77. The van der Waals surface area contributed by atoms with Crippen molar-refractivity contribution in [2.45, 2.75) is 19.1 Å². The maximum absolute atomic E-state index is 12.8. The summed E-state index contributed by atoms with van der Waals surface area (Å²) in [6, 6.07) is 2.32. The lowest BCUT2D eigenvalue weighted by Gasteiger charge is -2.35. The molecule has 2 heterocycles. The van der Waals surface area contributed by atoms with Crippen molar-refractivity contribution in [3.05, 3.63) is 23.4 Å². The van der Waals surface area contributed by atoms with Crippen LogP contribution in [0.1, 0.15) is 18.2 Å². The molecule has 0 radical (unpaired) electrons. The summed E-state index contributed by atoms with van der Waals surface area (Å²) in [6.07, 6.45) is -4.47. The molecule has 1 fully saturated rings. The lowest BCUT2D eigenvalue weighted by atomic mass is 10.2. The minimum Gasteiger partial charge on any atom is -0.389 e. The van der Waals surface area contributed by atoms with Gasteiger partial charge in [-0.2, -0.15) is 24.9 Å². The molecule has 0 spiro atoms. The van der Waals surface area contributed by atoms with Gasteiger partial charge in [0.05, 0.1) is 5.56 Å². The van der Waals surface area contributed by atoms with Crippen LogP contribution in [-0.2, 0) is 6.18 Å². The van der Waals surface area contributed by atoms with Gasteiger partial charge in [-0.1, -0.05) is 12.2 Å². The number of aromatic nitrogens is 1. The molecule has 1 atom stereocenters. The van der Waals surface area contributed by atoms with Crippen molar-refractivity contribution in [2.24, 2.45) is 5.73 Å². The smallest absolute Gasteiger partial charge is 0.389 e. The maximum atomic E-state index is 12.8. The number of nitrogens with zero attached hydrogens (tertiary/aromatic N) is 2. The Kier molecular flexibility index (Phi) is 4.43. The number of rotatable bonds is 2. The van der Waals surface area contributed by atoms with Gasteiger partial charge in [0.25, 0.3) is 0 Å². The third-order valence-electron chi connectivity index (χ3n) is 3.07. The summed E-state index contributed by atoms with van der Waals surface area (Å²) in [5.41, 5.74) is 5.08. The number of pyridine rings is 1. The van der Waals surface area contributed by atoms with Gasteiger partial charge in [-0.15, -0.1) is 0 Å². The zero-order chi connectivity index (χ0) is 14.9. The quantitative estimate of drug-likeness (QED) is 0.848. The number of nitrogens with two attached hydrogens (primary N) is 1. The van der Waals surface area contributed by atoms with Crippen LogP contribution in [0.2, 0.25) is 0 Å². The lowest BCUT2D eigenvalue weighted by molar-refractivity contribution is -0.141. The minimum absolute atomic E-state index is 0.0617. The number of thiocarbonyl (C=S) groups is 1. The largest absolute Gasteiger partial charge is 0.433 e. The average molecular weight is 321 g/mol. The van der Waals surface area contributed by atoms with Crippen molar-refractivity contribution >= 4 is 34.8 Å². The van der Waals surface area contributed by atoms with E-state index in [1.54, 1.807) is 11.8 Å². The maximum Gasteiger partial charge on any atom is 0.433 e. The molecule has 0 saturated carbocycles. The van der Waals surface area contributed by atoms with Crippen LogP contribution >= 0.6 is 24.0 Å². The normalized spacial score (nSPS) is 20.0. The Balaban J connectivity index is 2.49. The van der Waals surface area contributed by atoms with Crippen molar-refractivity contribution in [2.75, 3.05) is 23.0 Å². The first kappa shape index (κ1) is 15.4. The predicted octanol–water partition coefficient (Wildman–Crippen LogP) is 2.68. The van der Waals surface area contributed by atoms with E-state index in [9.17, 15) is 13.2 Å². The predicted molar refractivity (Wildman–Crippen MR) is 79.3 cm³/mol. The van der Waals surface area contributed by atoms with Gasteiger partial charge in [-0.3, -0.25) is 0 Å². The molecule has 2 N–H and O–H groups in total. The molecule has 1 unspecified atom stereocenters. The lowest BCUT2D eigenvalue weighted by Crippen LogP contribution is -2.42. The second-order valence-corrected chi connectivity index (χ2v) is 6.14. The zero-order valence-electron chi connectivity index (χ0n) is 10.8. The van der Waals surface area contributed by atoms with E-state index in [4.69, 9.17) is 18.0 Å². The Labute approximate surface area is 124 Å². The van der Waals surface area contributed by atoms with Gasteiger partial charge in [0, 0.05) is 24.1 Å². The van der Waals surface area contributed by atoms with Crippen molar-refractivity contribution in [1.82, 2.24) is 4.98 Å². The fourth-order valence-electron chi connectivity index (χ4n) is 2.06. The van der Waals surface area contributed by atoms with Gasteiger partial charge in [0.1, 0.15) is 16.5 Å². The molecule has 8 heteroatoms. The molecule has 0 aliphatic carbocycles. The first-order valence-electron chi connectivity index (χ1n) is 6.03. The molecule has 1 saturated heterocycles. The molecule has 2 rings (SSSR count). The highest BCUT2D eigenvalue weighted by molar-refractivity contribution is 7.99. The Morgan fingerprint density at radius 1 is 1.50 bits per heavy atom. The van der Waals surface area contributed by atoms with Gasteiger partial charge in [-0.05, 0) is 19.1 Å². The van der Waals surface area contributed by atoms with Gasteiger partial charge >= 0.3 is 6.18 Å². The van der Waals surface area contributed by atoms with Crippen molar-refractivity contribution < 1.29 is 13.2 Å². The fourth-order valence-corrected chi connectivity index (χ4v) is 3.23. The molecule has 20 heavy (non-hydrogen) atoms. The van der Waals surface area contributed by atoms with Gasteiger partial charge in [0.2, 0.25) is 0 Å². The molecule has 3 nitrogen and oxygen atoms in total. The number of anilines is 1. The summed E-state index contributed by atoms with van der Waals surface area (Å²) in [6.45, 7) is 2.59. The van der Waals surface area contributed by atoms with Crippen LogP contribution in [0.25, 0.3) is 0 Å². The summed E-state index contributed by atoms with van der Waals surface area (Å²) < 4.78 is 38.4. The monoisotopic (exact) mass is 321 g/mol. The van der Waals surface area contributed by atoms with Gasteiger partial charge in [-0.25, -0.2) is 4.98 Å². The first-order valence-corrected chi connectivity index (χ1v) is 7.59. The topological polar surface area (TPSA) is 42.2 Å². The first-order chi connectivity index (χ1) is 9.30. The molecule has 0 aromatic carbocycles. The van der Waals surface area contributed by atoms with Gasteiger partial charge in [0.15, 0.2) is 0 Å². The molecule has 1 aromatic rings. The van der Waals surface area contributed by atoms with E-state index in [-0.39, 0.29) is 16.8 Å². The summed E-state index contributed by atoms with van der Waals surface area (Å²) in [5.74, 6) is 1.92. The zero-order valence-corrected chi connectivity index (χ0v) is 12.4. The minimum atomic E-state index is -4.47. The Morgan fingerprint density at radius 3 is 2.75 bits per heavy atom.